The highest BCUT2D eigenvalue weighted by atomic mass is 35.5. The Bertz CT molecular complexity index is 575. The Balaban J connectivity index is 2.22. The van der Waals surface area contributed by atoms with E-state index in [4.69, 9.17) is 21.6 Å². The lowest BCUT2D eigenvalue weighted by atomic mass is 10.2. The maximum atomic E-state index is 8.73. The fourth-order valence-corrected chi connectivity index (χ4v) is 1.42. The molecule has 0 amide bonds. The first kappa shape index (κ1) is 11.4. The second-order valence-electron chi connectivity index (χ2n) is 3.37. The molecule has 0 saturated heterocycles. The molecule has 17 heavy (non-hydrogen) atoms. The van der Waals surface area contributed by atoms with E-state index in [9.17, 15) is 0 Å². The SMILES string of the molecule is Cc1ccc(Oc2ccc(C#N)c(Cl)c2)nn1. The van der Waals surface area contributed by atoms with Crippen LogP contribution in [0.4, 0.5) is 0 Å². The van der Waals surface area contributed by atoms with Crippen molar-refractivity contribution >= 4 is 11.6 Å². The molecule has 2 rings (SSSR count). The summed E-state index contributed by atoms with van der Waals surface area (Å²) in [7, 11) is 0. The number of hydrogen-bond acceptors (Lipinski definition) is 4. The van der Waals surface area contributed by atoms with E-state index >= 15 is 0 Å². The molecule has 0 radical (unpaired) electrons. The lowest BCUT2D eigenvalue weighted by Crippen LogP contribution is -1.92. The Labute approximate surface area is 103 Å². The van der Waals surface area contributed by atoms with Crippen LogP contribution in [0.2, 0.25) is 5.02 Å². The third-order valence-corrected chi connectivity index (χ3v) is 2.37. The molecule has 0 unspecified atom stereocenters. The number of aromatic nitrogens is 2. The van der Waals surface area contributed by atoms with Crippen LogP contribution in [0.25, 0.3) is 0 Å². The first-order chi connectivity index (χ1) is 8.19. The van der Waals surface area contributed by atoms with Crippen LogP contribution in [-0.4, -0.2) is 10.2 Å². The van der Waals surface area contributed by atoms with Crippen LogP contribution < -0.4 is 4.74 Å². The Morgan fingerprint density at radius 3 is 2.65 bits per heavy atom. The molecule has 2 aromatic rings. The molecule has 0 aliphatic heterocycles. The average molecular weight is 246 g/mol. The molecule has 1 heterocycles. The summed E-state index contributed by atoms with van der Waals surface area (Å²) in [6.07, 6.45) is 0. The van der Waals surface area contributed by atoms with Crippen molar-refractivity contribution in [2.45, 2.75) is 6.92 Å². The minimum absolute atomic E-state index is 0.352. The molecule has 0 spiro atoms. The van der Waals surface area contributed by atoms with Crippen molar-refractivity contribution in [3.63, 3.8) is 0 Å². The molecular formula is C12H8ClN3O. The van der Waals surface area contributed by atoms with Crippen LogP contribution in [0.1, 0.15) is 11.3 Å². The van der Waals surface area contributed by atoms with Gasteiger partial charge in [0.2, 0.25) is 5.88 Å². The number of nitriles is 1. The van der Waals surface area contributed by atoms with Gasteiger partial charge < -0.3 is 4.74 Å². The molecule has 0 aliphatic carbocycles. The fourth-order valence-electron chi connectivity index (χ4n) is 1.21. The minimum Gasteiger partial charge on any atom is -0.437 e. The maximum Gasteiger partial charge on any atom is 0.238 e. The Morgan fingerprint density at radius 2 is 2.06 bits per heavy atom. The van der Waals surface area contributed by atoms with E-state index in [0.29, 0.717) is 22.2 Å². The number of aryl methyl sites for hydroxylation is 1. The van der Waals surface area contributed by atoms with Gasteiger partial charge in [0.05, 0.1) is 16.3 Å². The van der Waals surface area contributed by atoms with Crippen LogP contribution in [0.5, 0.6) is 11.6 Å². The van der Waals surface area contributed by atoms with Gasteiger partial charge in [-0.05, 0) is 25.1 Å². The summed E-state index contributed by atoms with van der Waals surface area (Å²) in [4.78, 5) is 0. The highest BCUT2D eigenvalue weighted by Crippen LogP contribution is 2.25. The zero-order valence-corrected chi connectivity index (χ0v) is 9.77. The topological polar surface area (TPSA) is 58.8 Å². The predicted molar refractivity (Wildman–Crippen MR) is 63.0 cm³/mol. The summed E-state index contributed by atoms with van der Waals surface area (Å²) < 4.78 is 5.45. The van der Waals surface area contributed by atoms with Crippen LogP contribution >= 0.6 is 11.6 Å². The van der Waals surface area contributed by atoms with Crippen LogP contribution in [0.15, 0.2) is 30.3 Å². The summed E-state index contributed by atoms with van der Waals surface area (Å²) in [6.45, 7) is 1.84. The van der Waals surface area contributed by atoms with Crippen molar-refractivity contribution in [2.75, 3.05) is 0 Å². The van der Waals surface area contributed by atoms with E-state index in [1.807, 2.05) is 13.0 Å². The standard InChI is InChI=1S/C12H8ClN3O/c1-8-2-5-12(16-15-8)17-10-4-3-9(7-14)11(13)6-10/h2-6H,1H3. The normalized spacial score (nSPS) is 9.71. The van der Waals surface area contributed by atoms with E-state index in [1.54, 1.807) is 30.3 Å². The second-order valence-corrected chi connectivity index (χ2v) is 3.78. The molecule has 0 N–H and O–H groups in total. The lowest BCUT2D eigenvalue weighted by molar-refractivity contribution is 0.454. The molecule has 0 atom stereocenters. The fraction of sp³-hybridized carbons (Fsp3) is 0.0833. The van der Waals surface area contributed by atoms with Crippen LogP contribution in [0.3, 0.4) is 0 Å². The van der Waals surface area contributed by atoms with Gasteiger partial charge >= 0.3 is 0 Å². The van der Waals surface area contributed by atoms with E-state index in [0.717, 1.165) is 5.69 Å². The van der Waals surface area contributed by atoms with Gasteiger partial charge in [-0.3, -0.25) is 0 Å². The van der Waals surface area contributed by atoms with Gasteiger partial charge in [-0.15, -0.1) is 5.10 Å². The monoisotopic (exact) mass is 245 g/mol. The van der Waals surface area contributed by atoms with E-state index < -0.39 is 0 Å². The third kappa shape index (κ3) is 2.71. The quantitative estimate of drug-likeness (QED) is 0.816. The smallest absolute Gasteiger partial charge is 0.238 e. The van der Waals surface area contributed by atoms with Gasteiger partial charge in [-0.2, -0.15) is 10.4 Å². The summed E-state index contributed by atoms with van der Waals surface area (Å²) in [5, 5.41) is 16.8. The number of hydrogen-bond donors (Lipinski definition) is 0. The summed E-state index contributed by atoms with van der Waals surface area (Å²) in [5.74, 6) is 0.906. The van der Waals surface area contributed by atoms with Crippen molar-refractivity contribution < 1.29 is 4.74 Å². The number of ether oxygens (including phenoxy) is 1. The summed E-state index contributed by atoms with van der Waals surface area (Å²) in [5.41, 5.74) is 1.23. The predicted octanol–water partition coefficient (Wildman–Crippen LogP) is 3.10. The molecule has 0 aliphatic rings. The van der Waals surface area contributed by atoms with Crippen molar-refractivity contribution in [3.05, 3.63) is 46.6 Å². The van der Waals surface area contributed by atoms with Gasteiger partial charge in [-0.1, -0.05) is 11.6 Å². The van der Waals surface area contributed by atoms with Crippen molar-refractivity contribution in [2.24, 2.45) is 0 Å². The molecule has 1 aromatic carbocycles. The van der Waals surface area contributed by atoms with Crippen molar-refractivity contribution in [3.8, 4) is 17.7 Å². The highest BCUT2D eigenvalue weighted by molar-refractivity contribution is 6.31. The Kier molecular flexibility index (Phi) is 3.22. The molecule has 5 heteroatoms. The highest BCUT2D eigenvalue weighted by Gasteiger charge is 2.03. The van der Waals surface area contributed by atoms with Crippen molar-refractivity contribution in [1.82, 2.24) is 10.2 Å². The molecular weight excluding hydrogens is 238 g/mol. The summed E-state index contributed by atoms with van der Waals surface area (Å²) in [6, 6.07) is 10.3. The zero-order chi connectivity index (χ0) is 12.3. The lowest BCUT2D eigenvalue weighted by Gasteiger charge is -2.04. The van der Waals surface area contributed by atoms with Gasteiger partial charge in [0.1, 0.15) is 11.8 Å². The van der Waals surface area contributed by atoms with Gasteiger partial charge in [-0.25, -0.2) is 0 Å². The molecule has 4 nitrogen and oxygen atoms in total. The Morgan fingerprint density at radius 1 is 1.24 bits per heavy atom. The largest absolute Gasteiger partial charge is 0.437 e. The Hall–Kier alpha value is -2.12. The van der Waals surface area contributed by atoms with Crippen LogP contribution in [-0.2, 0) is 0 Å². The van der Waals surface area contributed by atoms with Gasteiger partial charge in [0.25, 0.3) is 0 Å². The van der Waals surface area contributed by atoms with Crippen LogP contribution in [0, 0.1) is 18.3 Å². The first-order valence-corrected chi connectivity index (χ1v) is 5.24. The number of rotatable bonds is 2. The van der Waals surface area contributed by atoms with E-state index in [-0.39, 0.29) is 0 Å². The third-order valence-electron chi connectivity index (χ3n) is 2.06. The maximum absolute atomic E-state index is 8.73. The average Bonchev–Trinajstić information content (AvgIpc) is 2.32. The molecule has 0 saturated carbocycles. The van der Waals surface area contributed by atoms with Gasteiger partial charge in [0.15, 0.2) is 0 Å². The number of benzene rings is 1. The van der Waals surface area contributed by atoms with Crippen molar-refractivity contribution in [1.29, 1.82) is 5.26 Å². The summed E-state index contributed by atoms with van der Waals surface area (Å²) >= 11 is 5.88. The van der Waals surface area contributed by atoms with E-state index in [2.05, 4.69) is 10.2 Å². The van der Waals surface area contributed by atoms with Gasteiger partial charge in [0, 0.05) is 12.1 Å². The molecule has 0 bridgehead atoms. The number of nitrogens with zero attached hydrogens (tertiary/aromatic N) is 3. The molecule has 1 aromatic heterocycles. The molecule has 0 fully saturated rings. The second kappa shape index (κ2) is 4.81. The minimum atomic E-state index is 0.352. The first-order valence-electron chi connectivity index (χ1n) is 4.87. The zero-order valence-electron chi connectivity index (χ0n) is 9.01. The molecule has 84 valence electrons. The number of halogens is 1. The van der Waals surface area contributed by atoms with E-state index in [1.165, 1.54) is 0 Å².